The van der Waals surface area contributed by atoms with Crippen LogP contribution in [-0.2, 0) is 0 Å². The zero-order valence-electron chi connectivity index (χ0n) is 26.5. The van der Waals surface area contributed by atoms with Crippen molar-refractivity contribution in [2.75, 3.05) is 0 Å². The van der Waals surface area contributed by atoms with Gasteiger partial charge < -0.3 is 4.42 Å². The second-order valence-electron chi connectivity index (χ2n) is 12.5. The van der Waals surface area contributed by atoms with E-state index in [4.69, 9.17) is 14.4 Å². The van der Waals surface area contributed by atoms with Crippen LogP contribution in [0.2, 0.25) is 0 Å². The predicted octanol–water partition coefficient (Wildman–Crippen LogP) is 12.5. The van der Waals surface area contributed by atoms with E-state index in [0.29, 0.717) is 5.82 Å². The molecular weight excluding hydrogens is 597 g/mol. The van der Waals surface area contributed by atoms with Crippen LogP contribution in [0.15, 0.2) is 174 Å². The average molecular weight is 625 g/mol. The van der Waals surface area contributed by atoms with Gasteiger partial charge in [-0.15, -0.1) is 0 Å². The lowest BCUT2D eigenvalue weighted by Crippen LogP contribution is -1.97. The monoisotopic (exact) mass is 624 g/mol. The molecule has 0 N–H and O–H groups in total. The van der Waals surface area contributed by atoms with E-state index in [2.05, 4.69) is 152 Å². The third kappa shape index (κ3) is 4.51. The zero-order chi connectivity index (χ0) is 32.3. The Hall–Kier alpha value is -6.58. The summed E-state index contributed by atoms with van der Waals surface area (Å²) in [4.78, 5) is 10.6. The number of furan rings is 1. The van der Waals surface area contributed by atoms with Crippen LogP contribution in [0.1, 0.15) is 0 Å². The van der Waals surface area contributed by atoms with Crippen molar-refractivity contribution in [1.82, 2.24) is 9.97 Å². The Morgan fingerprint density at radius 2 is 1.02 bits per heavy atom. The number of aromatic nitrogens is 2. The molecule has 2 heterocycles. The minimum absolute atomic E-state index is 0.669. The summed E-state index contributed by atoms with van der Waals surface area (Å²) in [7, 11) is 0. The van der Waals surface area contributed by atoms with E-state index in [9.17, 15) is 0 Å². The first-order valence-corrected chi connectivity index (χ1v) is 16.6. The van der Waals surface area contributed by atoms with E-state index in [1.54, 1.807) is 0 Å². The van der Waals surface area contributed by atoms with Gasteiger partial charge in [-0.1, -0.05) is 146 Å². The summed E-state index contributed by atoms with van der Waals surface area (Å²) in [5, 5.41) is 9.31. The van der Waals surface area contributed by atoms with Crippen molar-refractivity contribution >= 4 is 54.3 Å². The van der Waals surface area contributed by atoms with Gasteiger partial charge in [0.1, 0.15) is 11.2 Å². The molecule has 0 saturated carbocycles. The molecule has 0 aliphatic rings. The van der Waals surface area contributed by atoms with Crippen LogP contribution in [0, 0.1) is 0 Å². The van der Waals surface area contributed by atoms with E-state index >= 15 is 0 Å². The van der Waals surface area contributed by atoms with Crippen LogP contribution < -0.4 is 0 Å². The molecule has 3 nitrogen and oxygen atoms in total. The quantitative estimate of drug-likeness (QED) is 0.144. The molecule has 0 spiro atoms. The number of fused-ring (bicyclic) bond motifs is 7. The molecule has 0 atom stereocenters. The van der Waals surface area contributed by atoms with Gasteiger partial charge in [0.25, 0.3) is 0 Å². The highest BCUT2D eigenvalue weighted by molar-refractivity contribution is 6.20. The lowest BCUT2D eigenvalue weighted by molar-refractivity contribution is 0.670. The van der Waals surface area contributed by atoms with Gasteiger partial charge in [0.15, 0.2) is 5.82 Å². The number of benzene rings is 8. The molecule has 10 aromatic rings. The van der Waals surface area contributed by atoms with Crippen LogP contribution in [0.5, 0.6) is 0 Å². The van der Waals surface area contributed by atoms with Crippen molar-refractivity contribution in [3.8, 4) is 45.0 Å². The van der Waals surface area contributed by atoms with Crippen LogP contribution in [-0.4, -0.2) is 9.97 Å². The highest BCUT2D eigenvalue weighted by Crippen LogP contribution is 2.42. The standard InChI is InChI=1S/C46H28N2O/c1-2-11-29(12-3-1)30-21-23-32(24-22-30)46-47-41(39-19-10-18-38-36-17-8-9-20-43(36)49-45(38)39)28-42(48-46)44-35-16-7-5-14-33(35)27-40-34-15-6-4-13-31(34)25-26-37(40)44/h1-28H. The number of para-hydroxylation sites is 2. The highest BCUT2D eigenvalue weighted by Gasteiger charge is 2.19. The van der Waals surface area contributed by atoms with E-state index < -0.39 is 0 Å². The van der Waals surface area contributed by atoms with Crippen molar-refractivity contribution in [1.29, 1.82) is 0 Å². The molecule has 0 bridgehead atoms. The Kier molecular flexibility index (Phi) is 6.18. The summed E-state index contributed by atoms with van der Waals surface area (Å²) in [6.07, 6.45) is 0. The van der Waals surface area contributed by atoms with Crippen LogP contribution in [0.4, 0.5) is 0 Å². The van der Waals surface area contributed by atoms with Crippen LogP contribution >= 0.6 is 0 Å². The third-order valence-electron chi connectivity index (χ3n) is 9.68. The maximum atomic E-state index is 6.52. The summed E-state index contributed by atoms with van der Waals surface area (Å²) < 4.78 is 6.52. The fourth-order valence-electron chi connectivity index (χ4n) is 7.33. The smallest absolute Gasteiger partial charge is 0.160 e. The Labute approximate surface area is 282 Å². The van der Waals surface area contributed by atoms with Crippen molar-refractivity contribution < 1.29 is 4.42 Å². The molecule has 0 aliphatic heterocycles. The molecule has 0 aliphatic carbocycles. The molecule has 0 radical (unpaired) electrons. The molecule has 0 saturated heterocycles. The van der Waals surface area contributed by atoms with Crippen molar-refractivity contribution in [2.24, 2.45) is 0 Å². The van der Waals surface area contributed by atoms with Crippen LogP contribution in [0.3, 0.4) is 0 Å². The van der Waals surface area contributed by atoms with Gasteiger partial charge in [-0.3, -0.25) is 0 Å². The Morgan fingerprint density at radius 1 is 0.367 bits per heavy atom. The van der Waals surface area contributed by atoms with E-state index in [0.717, 1.165) is 66.4 Å². The van der Waals surface area contributed by atoms with Crippen molar-refractivity contribution in [3.05, 3.63) is 170 Å². The van der Waals surface area contributed by atoms with Gasteiger partial charge in [-0.25, -0.2) is 9.97 Å². The SMILES string of the molecule is c1ccc(-c2ccc(-c3nc(-c4c5ccccc5cc5c4ccc4ccccc45)cc(-c4cccc5c4oc4ccccc45)n3)cc2)cc1. The minimum Gasteiger partial charge on any atom is -0.455 e. The van der Waals surface area contributed by atoms with Crippen molar-refractivity contribution in [3.63, 3.8) is 0 Å². The second kappa shape index (κ2) is 11.0. The maximum Gasteiger partial charge on any atom is 0.160 e. The molecule has 2 aromatic heterocycles. The maximum absolute atomic E-state index is 6.52. The minimum atomic E-state index is 0.669. The Bertz CT molecular complexity index is 2870. The average Bonchev–Trinajstić information content (AvgIpc) is 3.56. The Morgan fingerprint density at radius 3 is 1.88 bits per heavy atom. The first-order chi connectivity index (χ1) is 24.3. The molecule has 0 amide bonds. The van der Waals surface area contributed by atoms with E-state index in [-0.39, 0.29) is 0 Å². The topological polar surface area (TPSA) is 38.9 Å². The van der Waals surface area contributed by atoms with Crippen molar-refractivity contribution in [2.45, 2.75) is 0 Å². The van der Waals surface area contributed by atoms with Gasteiger partial charge in [-0.2, -0.15) is 0 Å². The number of hydrogen-bond acceptors (Lipinski definition) is 3. The fourth-order valence-corrected chi connectivity index (χ4v) is 7.33. The van der Waals surface area contributed by atoms with E-state index in [1.807, 2.05) is 18.2 Å². The van der Waals surface area contributed by atoms with Crippen LogP contribution in [0.25, 0.3) is 99.3 Å². The number of nitrogens with zero attached hydrogens (tertiary/aromatic N) is 2. The summed E-state index contributed by atoms with van der Waals surface area (Å²) in [6, 6.07) is 59.7. The van der Waals surface area contributed by atoms with Gasteiger partial charge >= 0.3 is 0 Å². The first-order valence-electron chi connectivity index (χ1n) is 16.6. The summed E-state index contributed by atoms with van der Waals surface area (Å²) in [6.45, 7) is 0. The normalized spacial score (nSPS) is 11.7. The fraction of sp³-hybridized carbons (Fsp3) is 0. The number of hydrogen-bond donors (Lipinski definition) is 0. The first kappa shape index (κ1) is 27.5. The zero-order valence-corrected chi connectivity index (χ0v) is 26.5. The summed E-state index contributed by atoms with van der Waals surface area (Å²) in [5.41, 5.74) is 8.70. The summed E-state index contributed by atoms with van der Waals surface area (Å²) in [5.74, 6) is 0.669. The van der Waals surface area contributed by atoms with Gasteiger partial charge in [0.05, 0.1) is 11.4 Å². The van der Waals surface area contributed by atoms with Gasteiger partial charge in [0, 0.05) is 27.5 Å². The molecule has 0 fully saturated rings. The molecular formula is C46H28N2O. The van der Waals surface area contributed by atoms with Gasteiger partial charge in [-0.05, 0) is 67.7 Å². The number of rotatable bonds is 4. The molecule has 10 rings (SSSR count). The second-order valence-corrected chi connectivity index (χ2v) is 12.5. The largest absolute Gasteiger partial charge is 0.455 e. The Balaban J connectivity index is 1.27. The predicted molar refractivity (Wildman–Crippen MR) is 204 cm³/mol. The molecule has 228 valence electrons. The molecule has 49 heavy (non-hydrogen) atoms. The van der Waals surface area contributed by atoms with E-state index in [1.165, 1.54) is 27.1 Å². The highest BCUT2D eigenvalue weighted by atomic mass is 16.3. The third-order valence-corrected chi connectivity index (χ3v) is 9.68. The molecule has 8 aromatic carbocycles. The summed E-state index contributed by atoms with van der Waals surface area (Å²) >= 11 is 0. The molecule has 0 unspecified atom stereocenters. The lowest BCUT2D eigenvalue weighted by Gasteiger charge is -2.15. The lowest BCUT2D eigenvalue weighted by atomic mass is 9.91. The van der Waals surface area contributed by atoms with Gasteiger partial charge in [0.2, 0.25) is 0 Å². The molecule has 3 heteroatoms.